The lowest BCUT2D eigenvalue weighted by Crippen LogP contribution is -2.67. The van der Waals surface area contributed by atoms with Crippen molar-refractivity contribution in [3.8, 4) is 5.75 Å². The minimum Gasteiger partial charge on any atom is -0.502 e. The van der Waals surface area contributed by atoms with E-state index >= 15 is 0 Å². The van der Waals surface area contributed by atoms with E-state index in [2.05, 4.69) is 5.32 Å². The number of nitrogens with one attached hydrogen (secondary N) is 1. The summed E-state index contributed by atoms with van der Waals surface area (Å²) >= 11 is 0. The number of carbonyl (C=O) groups excluding carboxylic acids is 2. The van der Waals surface area contributed by atoms with E-state index in [0.29, 0.717) is 31.1 Å². The maximum absolute atomic E-state index is 14.0. The number of amides is 2. The molecule has 186 valence electrons. The van der Waals surface area contributed by atoms with E-state index in [-0.39, 0.29) is 17.8 Å². The van der Waals surface area contributed by atoms with Gasteiger partial charge in [0.1, 0.15) is 29.2 Å². The van der Waals surface area contributed by atoms with Crippen LogP contribution in [0.4, 0.5) is 13.2 Å². The van der Waals surface area contributed by atoms with E-state index in [4.69, 9.17) is 0 Å². The number of fused-ring (bicyclic) bond motifs is 6. The Balaban J connectivity index is 1.52. The molecule has 3 aliphatic rings. The van der Waals surface area contributed by atoms with Gasteiger partial charge in [0.05, 0.1) is 0 Å². The molecule has 3 heterocycles. The summed E-state index contributed by atoms with van der Waals surface area (Å²) in [5, 5.41) is 14.9. The zero-order valence-electron chi connectivity index (χ0n) is 19.1. The molecule has 0 spiro atoms. The summed E-state index contributed by atoms with van der Waals surface area (Å²) in [6.45, 7) is 2.18. The standard InChI is InChI=1S/C24H25F3N4O4/c1-2-29-23-13-5-3-4-12(6-13)10-31(23)30-11-16(20(32)21(33)19(30)24(29)35)22(34)28-9-15-17(26)7-14(25)8-18(15)27/h7-8,11-13,23,33H,2-6,9-10H2,1H3,(H,28,34)/t12-,13+,23+/m1/s1. The first-order valence-electron chi connectivity index (χ1n) is 11.7. The number of nitrogens with zero attached hydrogens (tertiary/aromatic N) is 3. The molecule has 1 aromatic heterocycles. The average Bonchev–Trinajstić information content (AvgIpc) is 2.81. The van der Waals surface area contributed by atoms with Gasteiger partial charge in [-0.15, -0.1) is 0 Å². The Morgan fingerprint density at radius 2 is 1.89 bits per heavy atom. The molecule has 2 aliphatic heterocycles. The highest BCUT2D eigenvalue weighted by molar-refractivity contribution is 5.99. The number of aromatic nitrogens is 1. The fourth-order valence-electron chi connectivity index (χ4n) is 5.76. The summed E-state index contributed by atoms with van der Waals surface area (Å²) in [6, 6.07) is 0.977. The van der Waals surface area contributed by atoms with E-state index in [1.54, 1.807) is 4.90 Å². The molecule has 2 N–H and O–H groups in total. The Labute approximate surface area is 198 Å². The van der Waals surface area contributed by atoms with E-state index < -0.39 is 58.1 Å². The topological polar surface area (TPSA) is 94.9 Å². The van der Waals surface area contributed by atoms with Crippen molar-refractivity contribution in [2.75, 3.05) is 18.1 Å². The molecule has 0 radical (unpaired) electrons. The number of halogens is 3. The number of carbonyl (C=O) groups is 2. The minimum absolute atomic E-state index is 0.208. The molecule has 1 saturated heterocycles. The minimum atomic E-state index is -1.18. The molecule has 35 heavy (non-hydrogen) atoms. The zero-order valence-corrected chi connectivity index (χ0v) is 19.1. The summed E-state index contributed by atoms with van der Waals surface area (Å²) in [7, 11) is 0. The highest BCUT2D eigenvalue weighted by Gasteiger charge is 2.48. The summed E-state index contributed by atoms with van der Waals surface area (Å²) in [6.07, 6.45) is 4.97. The number of benzene rings is 1. The van der Waals surface area contributed by atoms with Gasteiger partial charge in [-0.2, -0.15) is 0 Å². The van der Waals surface area contributed by atoms with Gasteiger partial charge < -0.3 is 15.3 Å². The Bertz CT molecular complexity index is 1260. The molecular weight excluding hydrogens is 465 g/mol. The summed E-state index contributed by atoms with van der Waals surface area (Å²) in [4.78, 5) is 40.7. The van der Waals surface area contributed by atoms with Crippen LogP contribution in [-0.2, 0) is 6.54 Å². The Hall–Kier alpha value is -3.50. The second-order valence-corrected chi connectivity index (χ2v) is 9.36. The molecule has 8 nitrogen and oxygen atoms in total. The van der Waals surface area contributed by atoms with Crippen LogP contribution in [0, 0.1) is 29.3 Å². The zero-order chi connectivity index (χ0) is 25.0. The first-order valence-corrected chi connectivity index (χ1v) is 11.7. The first-order chi connectivity index (χ1) is 16.7. The molecule has 3 atom stereocenters. The molecular formula is C24H25F3N4O4. The number of hydrogen-bond acceptors (Lipinski definition) is 5. The predicted molar refractivity (Wildman–Crippen MR) is 119 cm³/mol. The van der Waals surface area contributed by atoms with E-state index in [9.17, 15) is 32.7 Å². The average molecular weight is 490 g/mol. The lowest BCUT2D eigenvalue weighted by molar-refractivity contribution is 0.0230. The van der Waals surface area contributed by atoms with Crippen LogP contribution in [0.25, 0.3) is 0 Å². The van der Waals surface area contributed by atoms with Gasteiger partial charge >= 0.3 is 0 Å². The van der Waals surface area contributed by atoms with E-state index in [1.165, 1.54) is 10.9 Å². The summed E-state index contributed by atoms with van der Waals surface area (Å²) in [5.74, 6) is -5.18. The molecule has 0 unspecified atom stereocenters. The van der Waals surface area contributed by atoms with Gasteiger partial charge in [0.25, 0.3) is 11.8 Å². The van der Waals surface area contributed by atoms with Crippen molar-refractivity contribution < 1.29 is 27.9 Å². The van der Waals surface area contributed by atoms with Gasteiger partial charge in [-0.05, 0) is 38.0 Å². The van der Waals surface area contributed by atoms with Crippen LogP contribution < -0.4 is 15.8 Å². The van der Waals surface area contributed by atoms with Crippen LogP contribution >= 0.6 is 0 Å². The molecule has 2 bridgehead atoms. The van der Waals surface area contributed by atoms with Gasteiger partial charge in [0.15, 0.2) is 11.4 Å². The SMILES string of the molecule is CCN1C(=O)c2c(O)c(=O)c(C(=O)NCc3c(F)cc(F)cc3F)cn2N2C[C@@H]3CCC[C@@H](C3)[C@@H]12. The number of pyridine rings is 1. The lowest BCUT2D eigenvalue weighted by Gasteiger charge is -2.55. The van der Waals surface area contributed by atoms with Crippen LogP contribution in [0.1, 0.15) is 59.0 Å². The van der Waals surface area contributed by atoms with Gasteiger partial charge in [0, 0.05) is 43.5 Å². The van der Waals surface area contributed by atoms with Gasteiger partial charge in [0.2, 0.25) is 5.43 Å². The number of rotatable bonds is 4. The van der Waals surface area contributed by atoms with Crippen LogP contribution in [0.2, 0.25) is 0 Å². The van der Waals surface area contributed by atoms with Crippen molar-refractivity contribution in [3.05, 3.63) is 62.8 Å². The highest BCUT2D eigenvalue weighted by Crippen LogP contribution is 2.41. The van der Waals surface area contributed by atoms with Crippen molar-refractivity contribution in [3.63, 3.8) is 0 Å². The summed E-state index contributed by atoms with van der Waals surface area (Å²) in [5.41, 5.74) is -2.31. The lowest BCUT2D eigenvalue weighted by atomic mass is 9.75. The molecule has 11 heteroatoms. The van der Waals surface area contributed by atoms with Crippen LogP contribution in [0.15, 0.2) is 23.1 Å². The van der Waals surface area contributed by atoms with Crippen LogP contribution in [-0.4, -0.2) is 45.8 Å². The molecule has 1 saturated carbocycles. The Morgan fingerprint density at radius 3 is 2.57 bits per heavy atom. The summed E-state index contributed by atoms with van der Waals surface area (Å²) < 4.78 is 42.5. The number of hydrogen-bond donors (Lipinski definition) is 2. The largest absolute Gasteiger partial charge is 0.502 e. The highest BCUT2D eigenvalue weighted by atomic mass is 19.1. The van der Waals surface area contributed by atoms with Crippen molar-refractivity contribution in [2.24, 2.45) is 11.8 Å². The van der Waals surface area contributed by atoms with Crippen molar-refractivity contribution >= 4 is 11.8 Å². The molecule has 1 aliphatic carbocycles. The predicted octanol–water partition coefficient (Wildman–Crippen LogP) is 2.46. The fraction of sp³-hybridized carbons (Fsp3) is 0.458. The van der Waals surface area contributed by atoms with E-state index in [1.807, 2.05) is 11.9 Å². The van der Waals surface area contributed by atoms with Crippen molar-refractivity contribution in [1.29, 1.82) is 0 Å². The van der Waals surface area contributed by atoms with Crippen molar-refractivity contribution in [2.45, 2.75) is 45.3 Å². The second-order valence-electron chi connectivity index (χ2n) is 9.36. The van der Waals surface area contributed by atoms with Gasteiger partial charge in [-0.3, -0.25) is 24.1 Å². The van der Waals surface area contributed by atoms with Gasteiger partial charge in [-0.25, -0.2) is 13.2 Å². The Kier molecular flexibility index (Phi) is 5.72. The first kappa shape index (κ1) is 23.3. The van der Waals surface area contributed by atoms with Crippen LogP contribution in [0.3, 0.4) is 0 Å². The fourth-order valence-corrected chi connectivity index (χ4v) is 5.76. The van der Waals surface area contributed by atoms with Crippen molar-refractivity contribution in [1.82, 2.24) is 14.9 Å². The number of aromatic hydroxyl groups is 1. The monoisotopic (exact) mass is 490 g/mol. The third-order valence-corrected chi connectivity index (χ3v) is 7.34. The van der Waals surface area contributed by atoms with E-state index in [0.717, 1.165) is 25.7 Å². The smallest absolute Gasteiger partial charge is 0.278 e. The third-order valence-electron chi connectivity index (χ3n) is 7.34. The molecule has 2 fully saturated rings. The molecule has 1 aromatic carbocycles. The number of piperidine rings is 1. The molecule has 2 amide bonds. The maximum atomic E-state index is 14.0. The third kappa shape index (κ3) is 3.73. The quantitative estimate of drug-likeness (QED) is 0.687. The normalized spacial score (nSPS) is 23.1. The Morgan fingerprint density at radius 1 is 1.17 bits per heavy atom. The molecule has 2 aromatic rings. The molecule has 5 rings (SSSR count). The second kappa shape index (κ2) is 8.62. The van der Waals surface area contributed by atoms with Gasteiger partial charge in [-0.1, -0.05) is 6.42 Å². The maximum Gasteiger partial charge on any atom is 0.278 e. The van der Waals surface area contributed by atoms with Crippen LogP contribution in [0.5, 0.6) is 5.75 Å².